The zero-order chi connectivity index (χ0) is 24.8. The average Bonchev–Trinajstić information content (AvgIpc) is 3.28. The van der Waals surface area contributed by atoms with Crippen LogP contribution in [0.3, 0.4) is 0 Å². The van der Waals surface area contributed by atoms with Crippen molar-refractivity contribution in [2.75, 3.05) is 5.43 Å². The molecule has 5 aromatic rings. The largest absolute Gasteiger partial charge is 0.508 e. The molecule has 2 N–H and O–H groups in total. The summed E-state index contributed by atoms with van der Waals surface area (Å²) in [5.41, 5.74) is 5.56. The van der Waals surface area contributed by atoms with Crippen molar-refractivity contribution in [2.24, 2.45) is 5.16 Å². The molecule has 0 fully saturated rings. The predicted octanol–water partition coefficient (Wildman–Crippen LogP) is 4.63. The maximum Gasteiger partial charge on any atom is 0.345 e. The Hall–Kier alpha value is -5.05. The van der Waals surface area contributed by atoms with Crippen molar-refractivity contribution in [1.82, 2.24) is 5.01 Å². The van der Waals surface area contributed by atoms with Gasteiger partial charge in [0.15, 0.2) is 5.84 Å². The summed E-state index contributed by atoms with van der Waals surface area (Å²) in [6.07, 6.45) is -0.966. The first-order chi connectivity index (χ1) is 17.5. The summed E-state index contributed by atoms with van der Waals surface area (Å²) in [4.78, 5) is 30.4. The van der Waals surface area contributed by atoms with E-state index in [-0.39, 0.29) is 11.3 Å². The minimum Gasteiger partial charge on any atom is -0.508 e. The standard InChI is InChI=1S/C27H19N3O6/c1-15-11-23-17(7-10-24(32)34-23)14-21(15)28-30-25(16-5-3-2-4-6-16)29-36-26(30)20-13-18-12-19(31)8-9-22(18)35-27(20)33/h2-14,26,28,31H,1H3. The number of benzene rings is 3. The van der Waals surface area contributed by atoms with Crippen molar-refractivity contribution in [3.63, 3.8) is 0 Å². The number of hydrazine groups is 1. The van der Waals surface area contributed by atoms with E-state index in [2.05, 4.69) is 10.6 Å². The summed E-state index contributed by atoms with van der Waals surface area (Å²) < 4.78 is 10.8. The molecule has 36 heavy (non-hydrogen) atoms. The lowest BCUT2D eigenvalue weighted by Crippen LogP contribution is -2.38. The molecule has 1 aliphatic rings. The van der Waals surface area contributed by atoms with Crippen molar-refractivity contribution in [2.45, 2.75) is 13.2 Å². The first-order valence-corrected chi connectivity index (χ1v) is 11.1. The number of oxime groups is 1. The number of rotatable bonds is 4. The second-order valence-electron chi connectivity index (χ2n) is 8.39. The van der Waals surface area contributed by atoms with Crippen LogP contribution in [0.4, 0.5) is 5.69 Å². The van der Waals surface area contributed by atoms with Crippen molar-refractivity contribution in [1.29, 1.82) is 0 Å². The molecule has 178 valence electrons. The summed E-state index contributed by atoms with van der Waals surface area (Å²) in [5.74, 6) is 0.499. The number of anilines is 1. The van der Waals surface area contributed by atoms with Gasteiger partial charge in [0.05, 0.1) is 5.69 Å². The van der Waals surface area contributed by atoms with Crippen LogP contribution in [0.1, 0.15) is 22.9 Å². The molecule has 1 atom stereocenters. The Morgan fingerprint density at radius 1 is 0.889 bits per heavy atom. The number of phenols is 1. The van der Waals surface area contributed by atoms with Crippen LogP contribution in [-0.2, 0) is 4.84 Å². The van der Waals surface area contributed by atoms with Crippen molar-refractivity contribution in [3.8, 4) is 5.75 Å². The Balaban J connectivity index is 1.46. The first-order valence-electron chi connectivity index (χ1n) is 11.1. The van der Waals surface area contributed by atoms with Gasteiger partial charge in [0.25, 0.3) is 6.23 Å². The van der Waals surface area contributed by atoms with E-state index in [1.165, 1.54) is 24.3 Å². The van der Waals surface area contributed by atoms with Crippen molar-refractivity contribution in [3.05, 3.63) is 116 Å². The zero-order valence-electron chi connectivity index (χ0n) is 19.0. The Labute approximate surface area is 203 Å². The van der Waals surface area contributed by atoms with Gasteiger partial charge in [-0.15, -0.1) is 0 Å². The number of fused-ring (bicyclic) bond motifs is 2. The van der Waals surface area contributed by atoms with Crippen LogP contribution in [0.25, 0.3) is 21.9 Å². The number of nitrogens with one attached hydrogen (secondary N) is 1. The fourth-order valence-electron chi connectivity index (χ4n) is 4.15. The number of hydrogen-bond acceptors (Lipinski definition) is 9. The third kappa shape index (κ3) is 3.72. The molecule has 0 spiro atoms. The zero-order valence-corrected chi connectivity index (χ0v) is 19.0. The second-order valence-corrected chi connectivity index (χ2v) is 8.39. The molecular weight excluding hydrogens is 462 g/mol. The Kier molecular flexibility index (Phi) is 4.96. The van der Waals surface area contributed by atoms with E-state index in [4.69, 9.17) is 13.7 Å². The molecule has 1 unspecified atom stereocenters. The molecule has 0 aliphatic carbocycles. The minimum absolute atomic E-state index is 0.0456. The molecule has 0 radical (unpaired) electrons. The number of nitrogens with zero attached hydrogens (tertiary/aromatic N) is 2. The second kappa shape index (κ2) is 8.31. The topological polar surface area (TPSA) is 118 Å². The van der Waals surface area contributed by atoms with Crippen LogP contribution in [0.15, 0.2) is 102 Å². The molecule has 0 saturated heterocycles. The van der Waals surface area contributed by atoms with Gasteiger partial charge in [0.2, 0.25) is 0 Å². The molecule has 3 heterocycles. The number of phenolic OH excluding ortho intramolecular Hbond substituents is 1. The molecule has 0 amide bonds. The van der Waals surface area contributed by atoms with E-state index in [9.17, 15) is 14.7 Å². The van der Waals surface area contributed by atoms with E-state index in [0.29, 0.717) is 28.1 Å². The number of aromatic hydroxyl groups is 1. The highest BCUT2D eigenvalue weighted by atomic mass is 16.7. The van der Waals surface area contributed by atoms with Gasteiger partial charge in [-0.05, 0) is 55.0 Å². The van der Waals surface area contributed by atoms with Crippen LogP contribution in [0, 0.1) is 6.92 Å². The fraction of sp³-hybridized carbons (Fsp3) is 0.0741. The molecular formula is C27H19N3O6. The summed E-state index contributed by atoms with van der Waals surface area (Å²) in [7, 11) is 0. The molecule has 3 aromatic carbocycles. The van der Waals surface area contributed by atoms with E-state index in [0.717, 1.165) is 16.5 Å². The molecule has 0 saturated carbocycles. The van der Waals surface area contributed by atoms with Gasteiger partial charge < -0.3 is 18.8 Å². The molecule has 6 rings (SSSR count). The van der Waals surface area contributed by atoms with Gasteiger partial charge in [0, 0.05) is 22.4 Å². The highest BCUT2D eigenvalue weighted by molar-refractivity contribution is 6.00. The smallest absolute Gasteiger partial charge is 0.345 e. The van der Waals surface area contributed by atoms with Gasteiger partial charge in [-0.25, -0.2) is 14.6 Å². The lowest BCUT2D eigenvalue weighted by Gasteiger charge is -2.27. The van der Waals surface area contributed by atoms with Gasteiger partial charge in [0.1, 0.15) is 22.5 Å². The quantitative estimate of drug-likeness (QED) is 0.357. The van der Waals surface area contributed by atoms with E-state index in [1.54, 1.807) is 23.2 Å². The van der Waals surface area contributed by atoms with Gasteiger partial charge in [-0.1, -0.05) is 35.5 Å². The normalized spacial score (nSPS) is 15.2. The van der Waals surface area contributed by atoms with Crippen LogP contribution >= 0.6 is 0 Å². The maximum atomic E-state index is 13.0. The van der Waals surface area contributed by atoms with Gasteiger partial charge >= 0.3 is 11.3 Å². The lowest BCUT2D eigenvalue weighted by molar-refractivity contribution is 0.0164. The van der Waals surface area contributed by atoms with E-state index < -0.39 is 17.5 Å². The van der Waals surface area contributed by atoms with Crippen LogP contribution in [0.2, 0.25) is 0 Å². The monoisotopic (exact) mass is 481 g/mol. The highest BCUT2D eigenvalue weighted by Crippen LogP contribution is 2.33. The SMILES string of the molecule is Cc1cc2oc(=O)ccc2cc1NN1C(c2ccccc2)=NOC1c1cc2cc(O)ccc2oc1=O. The molecule has 0 bridgehead atoms. The first kappa shape index (κ1) is 21.5. The summed E-state index contributed by atoms with van der Waals surface area (Å²) in [5, 5.41) is 17.1. The fourth-order valence-corrected chi connectivity index (χ4v) is 4.15. The molecule has 9 heteroatoms. The van der Waals surface area contributed by atoms with Crippen LogP contribution < -0.4 is 16.7 Å². The Bertz CT molecular complexity index is 1770. The number of hydrogen-bond donors (Lipinski definition) is 2. The highest BCUT2D eigenvalue weighted by Gasteiger charge is 2.36. The van der Waals surface area contributed by atoms with Gasteiger partial charge in [-0.2, -0.15) is 0 Å². The lowest BCUT2D eigenvalue weighted by atomic mass is 10.1. The third-order valence-corrected chi connectivity index (χ3v) is 5.95. The van der Waals surface area contributed by atoms with E-state index in [1.807, 2.05) is 43.3 Å². The Morgan fingerprint density at radius 2 is 1.72 bits per heavy atom. The summed E-state index contributed by atoms with van der Waals surface area (Å²) in [6, 6.07) is 22.1. The molecule has 2 aromatic heterocycles. The van der Waals surface area contributed by atoms with Crippen molar-refractivity contribution < 1.29 is 18.8 Å². The van der Waals surface area contributed by atoms with Crippen LogP contribution in [0.5, 0.6) is 5.75 Å². The third-order valence-electron chi connectivity index (χ3n) is 5.95. The minimum atomic E-state index is -0.966. The number of aryl methyl sites for hydroxylation is 1. The maximum absolute atomic E-state index is 13.0. The number of amidine groups is 1. The molecule has 1 aliphatic heterocycles. The predicted molar refractivity (Wildman–Crippen MR) is 134 cm³/mol. The Morgan fingerprint density at radius 3 is 2.56 bits per heavy atom. The summed E-state index contributed by atoms with van der Waals surface area (Å²) >= 11 is 0. The van der Waals surface area contributed by atoms with Gasteiger partial charge in [-0.3, -0.25) is 5.43 Å². The summed E-state index contributed by atoms with van der Waals surface area (Å²) in [6.45, 7) is 1.87. The molecule has 9 nitrogen and oxygen atoms in total. The average molecular weight is 481 g/mol. The van der Waals surface area contributed by atoms with Crippen LogP contribution in [-0.4, -0.2) is 16.0 Å². The van der Waals surface area contributed by atoms with E-state index >= 15 is 0 Å². The van der Waals surface area contributed by atoms with Crippen molar-refractivity contribution >= 4 is 33.5 Å².